The average Bonchev–Trinajstić information content (AvgIpc) is 2.99. The molecule has 2 rings (SSSR count). The maximum atomic E-state index is 13.9. The van der Waals surface area contributed by atoms with Gasteiger partial charge >= 0.3 is 0 Å². The lowest BCUT2D eigenvalue weighted by atomic mass is 9.94. The molecule has 14 heavy (non-hydrogen) atoms. The fourth-order valence-electron chi connectivity index (χ4n) is 1.72. The van der Waals surface area contributed by atoms with Gasteiger partial charge in [0.2, 0.25) is 0 Å². The van der Waals surface area contributed by atoms with E-state index in [0.717, 1.165) is 12.8 Å². The Hall–Kier alpha value is -1.09. The van der Waals surface area contributed by atoms with Crippen molar-refractivity contribution in [1.29, 1.82) is 0 Å². The minimum absolute atomic E-state index is 0.165. The molecule has 1 aromatic rings. The number of aromatic hydroxyl groups is 1. The Morgan fingerprint density at radius 2 is 1.93 bits per heavy atom. The van der Waals surface area contributed by atoms with Crippen molar-refractivity contribution in [2.45, 2.75) is 19.0 Å². The van der Waals surface area contributed by atoms with Crippen LogP contribution in [-0.4, -0.2) is 11.7 Å². The monoisotopic (exact) mass is 195 g/mol. The van der Waals surface area contributed by atoms with Crippen molar-refractivity contribution in [3.8, 4) is 5.75 Å². The summed E-state index contributed by atoms with van der Waals surface area (Å²) in [5.41, 5.74) is 5.84. The molecule has 2 nitrogen and oxygen atoms in total. The van der Waals surface area contributed by atoms with Crippen molar-refractivity contribution in [3.63, 3.8) is 0 Å². The molecule has 0 radical (unpaired) electrons. The second-order valence-corrected chi connectivity index (χ2v) is 4.02. The summed E-state index contributed by atoms with van der Waals surface area (Å²) >= 11 is 0. The Morgan fingerprint density at radius 1 is 1.36 bits per heavy atom. The molecular formula is C11H14FNO. The van der Waals surface area contributed by atoms with Gasteiger partial charge in [0.05, 0.1) is 0 Å². The Bertz CT molecular complexity index is 319. The van der Waals surface area contributed by atoms with Gasteiger partial charge in [-0.2, -0.15) is 0 Å². The van der Waals surface area contributed by atoms with E-state index < -0.39 is 6.17 Å². The highest BCUT2D eigenvalue weighted by atomic mass is 19.1. The first-order valence-corrected chi connectivity index (χ1v) is 4.81. The van der Waals surface area contributed by atoms with Gasteiger partial charge in [-0.25, -0.2) is 4.39 Å². The highest BCUT2D eigenvalue weighted by Crippen LogP contribution is 2.55. The molecule has 3 heteroatoms. The summed E-state index contributed by atoms with van der Waals surface area (Å²) in [6, 6.07) is 6.26. The summed E-state index contributed by atoms with van der Waals surface area (Å²) in [5.74, 6) is 0.165. The van der Waals surface area contributed by atoms with Gasteiger partial charge in [0.1, 0.15) is 11.9 Å². The molecule has 0 amide bonds. The lowest BCUT2D eigenvalue weighted by Crippen LogP contribution is -2.20. The lowest BCUT2D eigenvalue weighted by Gasteiger charge is -2.18. The third-order valence-corrected chi connectivity index (χ3v) is 3.02. The molecule has 0 heterocycles. The standard InChI is InChI=1S/C11H14FNO/c12-10(11(7-13)5-6-11)8-1-3-9(14)4-2-8/h1-4,10,14H,5-7,13H2. The van der Waals surface area contributed by atoms with Gasteiger partial charge in [-0.15, -0.1) is 0 Å². The normalized spacial score (nSPS) is 20.4. The number of halogens is 1. The number of hydrogen-bond acceptors (Lipinski definition) is 2. The fraction of sp³-hybridized carbons (Fsp3) is 0.455. The van der Waals surface area contributed by atoms with Gasteiger partial charge in [0.15, 0.2) is 0 Å². The summed E-state index contributed by atoms with van der Waals surface area (Å²) in [6.07, 6.45) is 0.741. The molecule has 0 saturated heterocycles. The molecule has 0 bridgehead atoms. The molecule has 1 atom stereocenters. The first-order chi connectivity index (χ1) is 6.68. The predicted molar refractivity (Wildman–Crippen MR) is 52.7 cm³/mol. The Kier molecular flexibility index (Phi) is 2.19. The van der Waals surface area contributed by atoms with Crippen molar-refractivity contribution < 1.29 is 9.50 Å². The summed E-state index contributed by atoms with van der Waals surface area (Å²) in [4.78, 5) is 0. The summed E-state index contributed by atoms with van der Waals surface area (Å²) in [5, 5.41) is 9.07. The van der Waals surface area contributed by atoms with Crippen LogP contribution in [0.4, 0.5) is 4.39 Å². The zero-order valence-electron chi connectivity index (χ0n) is 7.91. The lowest BCUT2D eigenvalue weighted by molar-refractivity contribution is 0.217. The average molecular weight is 195 g/mol. The first-order valence-electron chi connectivity index (χ1n) is 4.81. The van der Waals surface area contributed by atoms with E-state index in [-0.39, 0.29) is 11.2 Å². The van der Waals surface area contributed by atoms with E-state index in [2.05, 4.69) is 0 Å². The summed E-state index contributed by atoms with van der Waals surface area (Å²) in [7, 11) is 0. The van der Waals surface area contributed by atoms with E-state index in [4.69, 9.17) is 10.8 Å². The smallest absolute Gasteiger partial charge is 0.132 e. The molecular weight excluding hydrogens is 181 g/mol. The topological polar surface area (TPSA) is 46.2 Å². The highest BCUT2D eigenvalue weighted by molar-refractivity contribution is 5.29. The molecule has 0 aromatic heterocycles. The van der Waals surface area contributed by atoms with Crippen LogP contribution in [0.5, 0.6) is 5.75 Å². The van der Waals surface area contributed by atoms with E-state index in [1.807, 2.05) is 0 Å². The minimum atomic E-state index is -0.993. The zero-order valence-corrected chi connectivity index (χ0v) is 7.91. The van der Waals surface area contributed by atoms with Crippen LogP contribution >= 0.6 is 0 Å². The van der Waals surface area contributed by atoms with Gasteiger partial charge in [-0.1, -0.05) is 12.1 Å². The van der Waals surface area contributed by atoms with Crippen molar-refractivity contribution in [2.75, 3.05) is 6.54 Å². The number of phenolic OH excluding ortho intramolecular Hbond substituents is 1. The number of rotatable bonds is 3. The SMILES string of the molecule is NCC1(C(F)c2ccc(O)cc2)CC1. The van der Waals surface area contributed by atoms with E-state index in [1.54, 1.807) is 12.1 Å². The number of nitrogens with two attached hydrogens (primary N) is 1. The van der Waals surface area contributed by atoms with Crippen LogP contribution < -0.4 is 5.73 Å². The third kappa shape index (κ3) is 1.48. The van der Waals surface area contributed by atoms with Crippen LogP contribution in [0.3, 0.4) is 0 Å². The zero-order chi connectivity index (χ0) is 10.2. The van der Waals surface area contributed by atoms with E-state index in [0.29, 0.717) is 12.1 Å². The minimum Gasteiger partial charge on any atom is -0.508 e. The molecule has 76 valence electrons. The van der Waals surface area contributed by atoms with Gasteiger partial charge in [0, 0.05) is 12.0 Å². The molecule has 1 fully saturated rings. The first kappa shape index (κ1) is 9.46. The van der Waals surface area contributed by atoms with E-state index >= 15 is 0 Å². The quantitative estimate of drug-likeness (QED) is 0.776. The molecule has 1 unspecified atom stereocenters. The molecule has 1 aliphatic carbocycles. The maximum absolute atomic E-state index is 13.9. The van der Waals surface area contributed by atoms with Crippen LogP contribution in [0.1, 0.15) is 24.6 Å². The third-order valence-electron chi connectivity index (χ3n) is 3.02. The summed E-state index contributed by atoms with van der Waals surface area (Å²) < 4.78 is 13.9. The van der Waals surface area contributed by atoms with Crippen LogP contribution in [-0.2, 0) is 0 Å². The van der Waals surface area contributed by atoms with Crippen LogP contribution in [0.25, 0.3) is 0 Å². The van der Waals surface area contributed by atoms with Crippen LogP contribution in [0.15, 0.2) is 24.3 Å². The van der Waals surface area contributed by atoms with Gasteiger partial charge in [-0.05, 0) is 30.5 Å². The van der Waals surface area contributed by atoms with Crippen molar-refractivity contribution in [1.82, 2.24) is 0 Å². The van der Waals surface area contributed by atoms with Gasteiger partial charge < -0.3 is 10.8 Å². The fourth-order valence-corrected chi connectivity index (χ4v) is 1.72. The van der Waals surface area contributed by atoms with Gasteiger partial charge in [0.25, 0.3) is 0 Å². The molecule has 0 spiro atoms. The predicted octanol–water partition coefficient (Wildman–Crippen LogP) is 2.14. The number of hydrogen-bond donors (Lipinski definition) is 2. The molecule has 3 N–H and O–H groups in total. The molecule has 0 aliphatic heterocycles. The second-order valence-electron chi connectivity index (χ2n) is 4.02. The van der Waals surface area contributed by atoms with Crippen LogP contribution in [0.2, 0.25) is 0 Å². The van der Waals surface area contributed by atoms with Gasteiger partial charge in [-0.3, -0.25) is 0 Å². The molecule has 1 aromatic carbocycles. The maximum Gasteiger partial charge on any atom is 0.132 e. The van der Waals surface area contributed by atoms with Crippen molar-refractivity contribution >= 4 is 0 Å². The largest absolute Gasteiger partial charge is 0.508 e. The number of benzene rings is 1. The van der Waals surface area contributed by atoms with Crippen LogP contribution in [0, 0.1) is 5.41 Å². The van der Waals surface area contributed by atoms with E-state index in [9.17, 15) is 4.39 Å². The van der Waals surface area contributed by atoms with E-state index in [1.165, 1.54) is 12.1 Å². The number of phenols is 1. The van der Waals surface area contributed by atoms with Crippen molar-refractivity contribution in [3.05, 3.63) is 29.8 Å². The second kappa shape index (κ2) is 3.24. The Labute approximate surface area is 82.5 Å². The number of alkyl halides is 1. The van der Waals surface area contributed by atoms with Crippen molar-refractivity contribution in [2.24, 2.45) is 11.1 Å². The molecule has 1 aliphatic rings. The Balaban J connectivity index is 2.19. The Morgan fingerprint density at radius 3 is 2.36 bits per heavy atom. The summed E-state index contributed by atoms with van der Waals surface area (Å²) in [6.45, 7) is 0.398. The highest BCUT2D eigenvalue weighted by Gasteiger charge is 2.49. The molecule has 1 saturated carbocycles.